The van der Waals surface area contributed by atoms with Gasteiger partial charge in [0.2, 0.25) is 0 Å². The number of aromatic nitrogens is 1. The van der Waals surface area contributed by atoms with Crippen molar-refractivity contribution in [2.45, 2.75) is 33.2 Å². The average molecular weight is 424 g/mol. The fourth-order valence-electron chi connectivity index (χ4n) is 3.48. The van der Waals surface area contributed by atoms with E-state index >= 15 is 0 Å². The first-order chi connectivity index (χ1) is 14.5. The zero-order chi connectivity index (χ0) is 21.5. The highest BCUT2D eigenvalue weighted by Gasteiger charge is 2.14. The van der Waals surface area contributed by atoms with Crippen molar-refractivity contribution >= 4 is 28.2 Å². The van der Waals surface area contributed by atoms with Crippen LogP contribution in [-0.2, 0) is 13.0 Å². The quantitative estimate of drug-likeness (QED) is 0.484. The Balaban J connectivity index is 1.73. The van der Waals surface area contributed by atoms with Gasteiger partial charge in [0.05, 0.1) is 12.1 Å². The van der Waals surface area contributed by atoms with Crippen molar-refractivity contribution in [2.24, 2.45) is 0 Å². The number of benzene rings is 2. The highest BCUT2D eigenvalue weighted by atomic mass is 32.1. The Bertz CT molecular complexity index is 1060. The summed E-state index contributed by atoms with van der Waals surface area (Å²) < 4.78 is 0. The van der Waals surface area contributed by atoms with Gasteiger partial charge >= 0.3 is 0 Å². The lowest BCUT2D eigenvalue weighted by Crippen LogP contribution is -2.41. The molecule has 158 valence electrons. The van der Waals surface area contributed by atoms with Gasteiger partial charge in [-0.05, 0) is 67.0 Å². The van der Waals surface area contributed by atoms with Crippen LogP contribution in [0.4, 0.5) is 0 Å². The lowest BCUT2D eigenvalue weighted by molar-refractivity contribution is 0.264. The highest BCUT2D eigenvalue weighted by Crippen LogP contribution is 2.19. The number of fused-ring (bicyclic) bond motifs is 1. The lowest BCUT2D eigenvalue weighted by atomic mass is 10.0. The van der Waals surface area contributed by atoms with Gasteiger partial charge < -0.3 is 20.3 Å². The van der Waals surface area contributed by atoms with Gasteiger partial charge in [0.1, 0.15) is 0 Å². The minimum absolute atomic E-state index is 0.0790. The summed E-state index contributed by atoms with van der Waals surface area (Å²) in [5, 5.41) is 14.2. The molecule has 1 aromatic heterocycles. The zero-order valence-corrected chi connectivity index (χ0v) is 18.4. The number of hydrogen-bond acceptors (Lipinski definition) is 3. The molecule has 3 rings (SSSR count). The van der Waals surface area contributed by atoms with Gasteiger partial charge in [-0.25, -0.2) is 0 Å². The molecule has 0 saturated heterocycles. The maximum Gasteiger partial charge on any atom is 0.253 e. The summed E-state index contributed by atoms with van der Waals surface area (Å²) >= 11 is 5.60. The van der Waals surface area contributed by atoms with Crippen LogP contribution in [-0.4, -0.2) is 39.8 Å². The first-order valence-electron chi connectivity index (χ1n) is 10.3. The maximum atomic E-state index is 12.7. The maximum absolute atomic E-state index is 12.7. The predicted molar refractivity (Wildman–Crippen MR) is 127 cm³/mol. The molecule has 0 spiro atoms. The number of rotatable bonds is 8. The minimum Gasteiger partial charge on any atom is -0.396 e. The molecule has 0 aliphatic heterocycles. The Morgan fingerprint density at radius 1 is 1.17 bits per heavy atom. The van der Waals surface area contributed by atoms with Crippen LogP contribution < -0.4 is 10.9 Å². The van der Waals surface area contributed by atoms with Crippen LogP contribution in [0.2, 0.25) is 0 Å². The zero-order valence-electron chi connectivity index (χ0n) is 17.6. The van der Waals surface area contributed by atoms with Gasteiger partial charge in [-0.2, -0.15) is 0 Å². The molecule has 0 atom stereocenters. The molecule has 0 fully saturated rings. The number of nitrogens with one attached hydrogen (secondary N) is 2. The van der Waals surface area contributed by atoms with E-state index < -0.39 is 0 Å². The Morgan fingerprint density at radius 2 is 1.93 bits per heavy atom. The second kappa shape index (κ2) is 10.4. The Labute approximate surface area is 182 Å². The molecule has 1 heterocycles. The first kappa shape index (κ1) is 22.0. The topological polar surface area (TPSA) is 68.4 Å². The van der Waals surface area contributed by atoms with E-state index in [1.165, 1.54) is 5.56 Å². The molecule has 0 bridgehead atoms. The van der Waals surface area contributed by atoms with Gasteiger partial charge in [0, 0.05) is 25.3 Å². The van der Waals surface area contributed by atoms with Crippen molar-refractivity contribution in [3.63, 3.8) is 0 Å². The number of nitrogens with zero attached hydrogens (tertiary/aromatic N) is 1. The van der Waals surface area contributed by atoms with Crippen LogP contribution in [0.25, 0.3) is 10.9 Å². The van der Waals surface area contributed by atoms with Crippen molar-refractivity contribution in [3.8, 4) is 0 Å². The molecule has 30 heavy (non-hydrogen) atoms. The van der Waals surface area contributed by atoms with Crippen molar-refractivity contribution in [2.75, 3.05) is 19.7 Å². The number of aromatic amines is 1. The smallest absolute Gasteiger partial charge is 0.253 e. The third-order valence-electron chi connectivity index (χ3n) is 5.40. The summed E-state index contributed by atoms with van der Waals surface area (Å²) in [4.78, 5) is 17.7. The molecular formula is C24H29N3O2S. The molecule has 3 N–H and O–H groups in total. The number of H-pyrrole nitrogens is 1. The van der Waals surface area contributed by atoms with E-state index in [1.54, 1.807) is 0 Å². The molecule has 6 heteroatoms. The van der Waals surface area contributed by atoms with E-state index in [0.717, 1.165) is 28.5 Å². The van der Waals surface area contributed by atoms with Crippen molar-refractivity contribution < 1.29 is 5.11 Å². The van der Waals surface area contributed by atoms with Crippen molar-refractivity contribution in [3.05, 3.63) is 81.1 Å². The molecule has 5 nitrogen and oxygen atoms in total. The van der Waals surface area contributed by atoms with Gasteiger partial charge in [-0.1, -0.05) is 42.5 Å². The molecule has 3 aromatic rings. The van der Waals surface area contributed by atoms with Crippen molar-refractivity contribution in [1.29, 1.82) is 0 Å². The number of hydrogen-bond donors (Lipinski definition) is 3. The minimum atomic E-state index is -0.0997. The van der Waals surface area contributed by atoms with Gasteiger partial charge in [-0.3, -0.25) is 4.79 Å². The van der Waals surface area contributed by atoms with Crippen LogP contribution in [0.15, 0.2) is 53.3 Å². The molecule has 0 unspecified atom stereocenters. The molecule has 0 amide bonds. The van der Waals surface area contributed by atoms with Crippen molar-refractivity contribution in [1.82, 2.24) is 15.2 Å². The summed E-state index contributed by atoms with van der Waals surface area (Å²) in [6, 6.07) is 16.3. The van der Waals surface area contributed by atoms with Crippen LogP contribution >= 0.6 is 12.2 Å². The number of aliphatic hydroxyl groups excluding tert-OH is 1. The normalized spacial score (nSPS) is 10.9. The fraction of sp³-hybridized carbons (Fsp3) is 0.333. The number of aryl methyl sites for hydroxylation is 2. The van der Waals surface area contributed by atoms with E-state index in [4.69, 9.17) is 12.2 Å². The monoisotopic (exact) mass is 423 g/mol. The summed E-state index contributed by atoms with van der Waals surface area (Å²) in [7, 11) is 0. The third kappa shape index (κ3) is 5.46. The third-order valence-corrected chi connectivity index (χ3v) is 5.80. The van der Waals surface area contributed by atoms with Gasteiger partial charge in [0.15, 0.2) is 5.11 Å². The van der Waals surface area contributed by atoms with Gasteiger partial charge in [0.25, 0.3) is 5.56 Å². The molecule has 0 aliphatic rings. The van der Waals surface area contributed by atoms with Crippen LogP contribution in [0.1, 0.15) is 28.7 Å². The summed E-state index contributed by atoms with van der Waals surface area (Å²) in [5.41, 5.74) is 4.93. The Morgan fingerprint density at radius 3 is 2.67 bits per heavy atom. The number of aliphatic hydroxyl groups is 1. The highest BCUT2D eigenvalue weighted by molar-refractivity contribution is 7.80. The molecule has 2 aromatic carbocycles. The second-order valence-electron chi connectivity index (χ2n) is 7.56. The average Bonchev–Trinajstić information content (AvgIpc) is 2.75. The van der Waals surface area contributed by atoms with Gasteiger partial charge in [-0.15, -0.1) is 0 Å². The van der Waals surface area contributed by atoms with E-state index in [9.17, 15) is 9.90 Å². The largest absolute Gasteiger partial charge is 0.396 e. The number of pyridine rings is 1. The lowest BCUT2D eigenvalue weighted by Gasteiger charge is -2.25. The van der Waals surface area contributed by atoms with Crippen LogP contribution in [0.5, 0.6) is 0 Å². The fourth-order valence-corrected chi connectivity index (χ4v) is 3.74. The number of thiocarbonyl (C=S) groups is 1. The van der Waals surface area contributed by atoms with Crippen LogP contribution in [0, 0.1) is 13.8 Å². The summed E-state index contributed by atoms with van der Waals surface area (Å²) in [6.07, 6.45) is 1.45. The van der Waals surface area contributed by atoms with E-state index in [2.05, 4.69) is 28.5 Å². The SMILES string of the molecule is Cc1ccc2cc(CN(CCCO)C(=S)NCCc3ccccc3)c(=O)[nH]c2c1C. The Kier molecular flexibility index (Phi) is 7.60. The first-order valence-corrected chi connectivity index (χ1v) is 10.7. The van der Waals surface area contributed by atoms with Crippen LogP contribution in [0.3, 0.4) is 0 Å². The molecular weight excluding hydrogens is 394 g/mol. The second-order valence-corrected chi connectivity index (χ2v) is 7.95. The predicted octanol–water partition coefficient (Wildman–Crippen LogP) is 3.45. The van der Waals surface area contributed by atoms with E-state index in [1.807, 2.05) is 49.1 Å². The molecule has 0 aliphatic carbocycles. The molecule has 0 radical (unpaired) electrons. The van der Waals surface area contributed by atoms with E-state index in [-0.39, 0.29) is 12.2 Å². The molecule has 0 saturated carbocycles. The summed E-state index contributed by atoms with van der Waals surface area (Å²) in [6.45, 7) is 5.83. The summed E-state index contributed by atoms with van der Waals surface area (Å²) in [5.74, 6) is 0. The Hall–Kier alpha value is -2.70. The standard InChI is InChI=1S/C24H29N3O2S/c1-17-9-10-20-15-21(23(29)26-22(20)18(17)2)16-27(13-6-14-28)24(30)25-12-11-19-7-4-3-5-8-19/h3-5,7-10,15,28H,6,11-14,16H2,1-2H3,(H,25,30)(H,26,29). The van der Waals surface area contributed by atoms with E-state index in [0.29, 0.717) is 36.7 Å².